The maximum absolute atomic E-state index is 2.42. The van der Waals surface area contributed by atoms with Crippen LogP contribution in [0, 0.1) is 0 Å². The van der Waals surface area contributed by atoms with Crippen molar-refractivity contribution in [3.63, 3.8) is 0 Å². The second-order valence-corrected chi connectivity index (χ2v) is 21.4. The Hall–Kier alpha value is -9.52. The minimum atomic E-state index is 1.06. The van der Waals surface area contributed by atoms with Crippen LogP contribution in [-0.4, -0.2) is 0 Å². The Kier molecular flexibility index (Phi) is 11.9. The zero-order valence-electron chi connectivity index (χ0n) is 41.9. The number of thiophene rings is 2. The van der Waals surface area contributed by atoms with Gasteiger partial charge in [-0.05, 0) is 150 Å². The van der Waals surface area contributed by atoms with Gasteiger partial charge in [-0.3, -0.25) is 0 Å². The molecule has 0 saturated heterocycles. The first-order chi connectivity index (χ1) is 38.2. The van der Waals surface area contributed by atoms with E-state index in [-0.39, 0.29) is 0 Å². The molecule has 0 fully saturated rings. The average molecular weight is 1020 g/mol. The Morgan fingerprint density at radius 3 is 0.883 bits per heavy atom. The maximum Gasteiger partial charge on any atom is 0.0482 e. The van der Waals surface area contributed by atoms with Gasteiger partial charge in [0.1, 0.15) is 0 Å². The first kappa shape index (κ1) is 46.0. The van der Waals surface area contributed by atoms with Gasteiger partial charge in [-0.2, -0.15) is 0 Å². The van der Waals surface area contributed by atoms with E-state index in [9.17, 15) is 0 Å². The Balaban J connectivity index is 0.916. The monoisotopic (exact) mass is 1020 g/mol. The van der Waals surface area contributed by atoms with E-state index < -0.39 is 0 Å². The average Bonchev–Trinajstić information content (AvgIpc) is 4.10. The van der Waals surface area contributed by atoms with E-state index in [2.05, 4.69) is 312 Å². The van der Waals surface area contributed by atoms with Gasteiger partial charge in [0.2, 0.25) is 0 Å². The fourth-order valence-electron chi connectivity index (χ4n) is 11.0. The molecule has 0 aliphatic rings. The molecule has 0 spiro atoms. The van der Waals surface area contributed by atoms with Gasteiger partial charge < -0.3 is 14.7 Å². The summed E-state index contributed by atoms with van der Waals surface area (Å²) in [6.07, 6.45) is 0. The fraction of sp³-hybridized carbons (Fsp3) is 0. The molecule has 0 radical (unpaired) electrons. The molecule has 14 rings (SSSR count). The number of rotatable bonds is 12. The topological polar surface area (TPSA) is 9.72 Å². The summed E-state index contributed by atoms with van der Waals surface area (Å²) in [6, 6.07) is 108. The third kappa shape index (κ3) is 8.68. The highest BCUT2D eigenvalue weighted by molar-refractivity contribution is 7.26. The second-order valence-electron chi connectivity index (χ2n) is 19.3. The van der Waals surface area contributed by atoms with Crippen LogP contribution >= 0.6 is 22.7 Å². The molecule has 0 bridgehead atoms. The van der Waals surface area contributed by atoms with E-state index in [0.717, 1.165) is 56.7 Å². The zero-order chi connectivity index (χ0) is 51.1. The van der Waals surface area contributed by atoms with Gasteiger partial charge in [-0.15, -0.1) is 22.7 Å². The van der Waals surface area contributed by atoms with Crippen molar-refractivity contribution in [1.29, 1.82) is 0 Å². The summed E-state index contributed by atoms with van der Waals surface area (Å²) >= 11 is 3.75. The molecule has 0 aliphatic heterocycles. The molecule has 0 saturated carbocycles. The molecule has 2 heterocycles. The lowest BCUT2D eigenvalue weighted by molar-refractivity contribution is 1.25. The lowest BCUT2D eigenvalue weighted by Gasteiger charge is -2.29. The fourth-order valence-corrected chi connectivity index (χ4v) is 13.5. The minimum Gasteiger partial charge on any atom is -0.310 e. The van der Waals surface area contributed by atoms with Crippen LogP contribution in [0.5, 0.6) is 0 Å². The predicted molar refractivity (Wildman–Crippen MR) is 333 cm³/mol. The lowest BCUT2D eigenvalue weighted by atomic mass is 9.94. The van der Waals surface area contributed by atoms with E-state index in [1.807, 2.05) is 22.7 Å². The molecule has 0 unspecified atom stereocenters. The van der Waals surface area contributed by atoms with Gasteiger partial charge >= 0.3 is 0 Å². The van der Waals surface area contributed by atoms with Gasteiger partial charge in [0.25, 0.3) is 0 Å². The van der Waals surface area contributed by atoms with E-state index in [0.29, 0.717) is 0 Å². The molecule has 5 heteroatoms. The van der Waals surface area contributed by atoms with Crippen LogP contribution in [0.15, 0.2) is 297 Å². The predicted octanol–water partition coefficient (Wildman–Crippen LogP) is 21.8. The summed E-state index contributed by atoms with van der Waals surface area (Å²) in [5.41, 5.74) is 16.9. The highest BCUT2D eigenvalue weighted by atomic mass is 32.1. The summed E-state index contributed by atoms with van der Waals surface area (Å²) in [6.45, 7) is 0. The zero-order valence-corrected chi connectivity index (χ0v) is 43.6. The van der Waals surface area contributed by atoms with E-state index in [4.69, 9.17) is 0 Å². The quantitative estimate of drug-likeness (QED) is 0.121. The van der Waals surface area contributed by atoms with Gasteiger partial charge in [-0.1, -0.05) is 170 Å². The molecule has 0 N–H and O–H groups in total. The third-order valence-electron chi connectivity index (χ3n) is 14.5. The summed E-state index contributed by atoms with van der Waals surface area (Å²) in [7, 11) is 0. The molecule has 14 aromatic rings. The number of para-hydroxylation sites is 5. The number of nitrogens with zero attached hydrogens (tertiary/aromatic N) is 3. The standard InChI is InChI=1S/C72H49N3S2/c1-6-27-54(28-7-1)73(55-29-8-2-9-30-55)59-37-22-38-60(45-59)75(58-35-14-5-15-36-58)62-47-66(72-68(49-62)64-40-17-19-42-70(64)77-72)53-26-21-24-51(44-53)50-23-20-25-52(43-50)65-46-61(48-67-63-39-16-18-41-69(63)76-71(65)67)74(56-31-10-3-11-32-56)57-33-12-4-13-34-57/h1-49H. The SMILES string of the molecule is c1ccc(N(c2ccccc2)c2cccc(N(c3ccccc3)c3cc(-c4cccc(-c5cccc(-c6cc(N(c7ccccc7)c7ccccc7)cc7c6sc6ccccc67)c5)c4)c4sc5ccccc5c4c3)c2)cc1. The maximum atomic E-state index is 2.42. The molecule has 2 aromatic heterocycles. The number of hydrogen-bond acceptors (Lipinski definition) is 5. The van der Waals surface area contributed by atoms with Crippen LogP contribution in [0.3, 0.4) is 0 Å². The molecule has 77 heavy (non-hydrogen) atoms. The minimum absolute atomic E-state index is 1.06. The molecule has 12 aromatic carbocycles. The van der Waals surface area contributed by atoms with Crippen molar-refractivity contribution >= 4 is 114 Å². The third-order valence-corrected chi connectivity index (χ3v) is 17.0. The Bertz CT molecular complexity index is 4320. The molecule has 3 nitrogen and oxygen atoms in total. The number of hydrogen-bond donors (Lipinski definition) is 0. The van der Waals surface area contributed by atoms with Crippen molar-refractivity contribution in [2.24, 2.45) is 0 Å². The van der Waals surface area contributed by atoms with Crippen LogP contribution in [0.2, 0.25) is 0 Å². The molecule has 0 amide bonds. The van der Waals surface area contributed by atoms with Crippen molar-refractivity contribution in [2.75, 3.05) is 14.7 Å². The van der Waals surface area contributed by atoms with E-state index in [1.165, 1.54) is 68.2 Å². The van der Waals surface area contributed by atoms with Crippen LogP contribution in [0.1, 0.15) is 0 Å². The van der Waals surface area contributed by atoms with Crippen LogP contribution in [0.4, 0.5) is 51.2 Å². The van der Waals surface area contributed by atoms with Crippen molar-refractivity contribution in [1.82, 2.24) is 0 Å². The van der Waals surface area contributed by atoms with Crippen molar-refractivity contribution < 1.29 is 0 Å². The molecular formula is C72H49N3S2. The van der Waals surface area contributed by atoms with Crippen LogP contribution < -0.4 is 14.7 Å². The number of benzene rings is 12. The summed E-state index contributed by atoms with van der Waals surface area (Å²) < 4.78 is 5.11. The van der Waals surface area contributed by atoms with E-state index >= 15 is 0 Å². The second kappa shape index (κ2) is 20.0. The highest BCUT2D eigenvalue weighted by Crippen LogP contribution is 2.49. The first-order valence-corrected chi connectivity index (χ1v) is 27.7. The summed E-state index contributed by atoms with van der Waals surface area (Å²) in [4.78, 5) is 7.13. The van der Waals surface area contributed by atoms with Crippen molar-refractivity contribution in [3.8, 4) is 33.4 Å². The van der Waals surface area contributed by atoms with E-state index in [1.54, 1.807) is 0 Å². The Labute approximate surface area is 456 Å². The Morgan fingerprint density at radius 1 is 0.195 bits per heavy atom. The van der Waals surface area contributed by atoms with Gasteiger partial charge in [0, 0.05) is 103 Å². The summed E-state index contributed by atoms with van der Waals surface area (Å²) in [5, 5.41) is 5.03. The van der Waals surface area contributed by atoms with Gasteiger partial charge in [0.05, 0.1) is 0 Å². The highest BCUT2D eigenvalue weighted by Gasteiger charge is 2.22. The lowest BCUT2D eigenvalue weighted by Crippen LogP contribution is -2.13. The van der Waals surface area contributed by atoms with Crippen LogP contribution in [0.25, 0.3) is 73.7 Å². The van der Waals surface area contributed by atoms with Gasteiger partial charge in [-0.25, -0.2) is 0 Å². The van der Waals surface area contributed by atoms with Crippen molar-refractivity contribution in [2.45, 2.75) is 0 Å². The summed E-state index contributed by atoms with van der Waals surface area (Å²) in [5.74, 6) is 0. The first-order valence-electron chi connectivity index (χ1n) is 26.1. The normalized spacial score (nSPS) is 11.4. The number of fused-ring (bicyclic) bond motifs is 6. The molecule has 0 aliphatic carbocycles. The smallest absolute Gasteiger partial charge is 0.0482 e. The molecular weight excluding hydrogens is 971 g/mol. The molecule has 0 atom stereocenters. The van der Waals surface area contributed by atoms with Crippen LogP contribution in [-0.2, 0) is 0 Å². The van der Waals surface area contributed by atoms with Gasteiger partial charge in [0.15, 0.2) is 0 Å². The van der Waals surface area contributed by atoms with Crippen molar-refractivity contribution in [3.05, 3.63) is 297 Å². The largest absolute Gasteiger partial charge is 0.310 e. The Morgan fingerprint density at radius 2 is 0.494 bits per heavy atom. The molecule has 364 valence electrons. The number of anilines is 9.